The average molecular weight is 260 g/mol. The van der Waals surface area contributed by atoms with Crippen molar-refractivity contribution in [2.75, 3.05) is 0 Å². The Balaban J connectivity index is 1.85. The minimum absolute atomic E-state index is 0.0707. The van der Waals surface area contributed by atoms with Crippen LogP contribution >= 0.6 is 11.6 Å². The third-order valence-electron chi connectivity index (χ3n) is 4.42. The van der Waals surface area contributed by atoms with Crippen molar-refractivity contribution in [3.8, 4) is 11.8 Å². The van der Waals surface area contributed by atoms with Crippen LogP contribution in [0.2, 0.25) is 5.02 Å². The lowest BCUT2D eigenvalue weighted by atomic mass is 9.73. The fourth-order valence-electron chi connectivity index (χ4n) is 3.48. The summed E-state index contributed by atoms with van der Waals surface area (Å²) in [7, 11) is 0. The minimum atomic E-state index is 0.0707. The molecular formula is C16H18ClN. The first-order valence-electron chi connectivity index (χ1n) is 6.67. The number of halogens is 1. The van der Waals surface area contributed by atoms with Gasteiger partial charge in [0, 0.05) is 21.5 Å². The van der Waals surface area contributed by atoms with Crippen molar-refractivity contribution >= 4 is 11.6 Å². The standard InChI is InChI=1S/C16H18ClN/c17-14-4-1-3-13(11-14)5-8-15-6-2-7-16(18,12-15)10-9-15/h1,3-4,11H,2,6-7,9-10,12,18H2. The van der Waals surface area contributed by atoms with Crippen LogP contribution in [0.3, 0.4) is 0 Å². The van der Waals surface area contributed by atoms with Crippen molar-refractivity contribution in [1.29, 1.82) is 0 Å². The molecular weight excluding hydrogens is 242 g/mol. The van der Waals surface area contributed by atoms with Gasteiger partial charge >= 0.3 is 0 Å². The zero-order chi connectivity index (χ0) is 12.6. The summed E-state index contributed by atoms with van der Waals surface area (Å²) in [6.07, 6.45) is 6.98. The van der Waals surface area contributed by atoms with Crippen LogP contribution in [0.15, 0.2) is 24.3 Å². The van der Waals surface area contributed by atoms with E-state index in [2.05, 4.69) is 11.8 Å². The van der Waals surface area contributed by atoms with Gasteiger partial charge in [0.2, 0.25) is 0 Å². The van der Waals surface area contributed by atoms with E-state index in [9.17, 15) is 0 Å². The Morgan fingerprint density at radius 1 is 1.17 bits per heavy atom. The quantitative estimate of drug-likeness (QED) is 0.706. The first-order valence-corrected chi connectivity index (χ1v) is 7.05. The van der Waals surface area contributed by atoms with Gasteiger partial charge in [-0.15, -0.1) is 0 Å². The van der Waals surface area contributed by atoms with Crippen LogP contribution in [-0.2, 0) is 0 Å². The van der Waals surface area contributed by atoms with Gasteiger partial charge in [0.05, 0.1) is 0 Å². The number of fused-ring (bicyclic) bond motifs is 2. The van der Waals surface area contributed by atoms with E-state index >= 15 is 0 Å². The average Bonchev–Trinajstić information content (AvgIpc) is 2.58. The maximum atomic E-state index is 6.39. The maximum Gasteiger partial charge on any atom is 0.0418 e. The second-order valence-electron chi connectivity index (χ2n) is 5.93. The molecule has 0 amide bonds. The predicted octanol–water partition coefficient (Wildman–Crippen LogP) is 3.74. The van der Waals surface area contributed by atoms with Crippen molar-refractivity contribution in [2.45, 2.75) is 44.1 Å². The van der Waals surface area contributed by atoms with E-state index in [1.165, 1.54) is 19.3 Å². The Hall–Kier alpha value is -0.970. The fraction of sp³-hybridized carbons (Fsp3) is 0.500. The molecule has 2 fully saturated rings. The molecule has 2 aliphatic rings. The maximum absolute atomic E-state index is 6.39. The molecule has 2 heteroatoms. The molecule has 2 bridgehead atoms. The molecule has 0 spiro atoms. The van der Waals surface area contributed by atoms with Gasteiger partial charge in [-0.3, -0.25) is 0 Å². The van der Waals surface area contributed by atoms with Crippen LogP contribution in [-0.4, -0.2) is 5.54 Å². The summed E-state index contributed by atoms with van der Waals surface area (Å²) in [6, 6.07) is 7.78. The summed E-state index contributed by atoms with van der Waals surface area (Å²) in [5.41, 5.74) is 7.65. The number of rotatable bonds is 0. The largest absolute Gasteiger partial charge is 0.325 e. The van der Waals surface area contributed by atoms with E-state index in [0.717, 1.165) is 29.8 Å². The highest BCUT2D eigenvalue weighted by atomic mass is 35.5. The molecule has 0 heterocycles. The van der Waals surface area contributed by atoms with Crippen LogP contribution in [0, 0.1) is 17.3 Å². The molecule has 1 aromatic carbocycles. The molecule has 2 N–H and O–H groups in total. The molecule has 0 aromatic heterocycles. The Bertz CT molecular complexity index is 527. The normalized spacial score (nSPS) is 33.9. The van der Waals surface area contributed by atoms with Gasteiger partial charge in [-0.2, -0.15) is 0 Å². The van der Waals surface area contributed by atoms with Crippen LogP contribution < -0.4 is 5.73 Å². The third-order valence-corrected chi connectivity index (χ3v) is 4.65. The molecule has 2 atom stereocenters. The summed E-state index contributed by atoms with van der Waals surface area (Å²) in [5, 5.41) is 0.752. The molecule has 2 saturated carbocycles. The smallest absolute Gasteiger partial charge is 0.0418 e. The van der Waals surface area contributed by atoms with E-state index in [-0.39, 0.29) is 11.0 Å². The van der Waals surface area contributed by atoms with Gasteiger partial charge in [-0.25, -0.2) is 0 Å². The number of hydrogen-bond acceptors (Lipinski definition) is 1. The highest BCUT2D eigenvalue weighted by Crippen LogP contribution is 2.52. The molecule has 18 heavy (non-hydrogen) atoms. The highest BCUT2D eigenvalue weighted by Gasteiger charge is 2.48. The lowest BCUT2D eigenvalue weighted by Crippen LogP contribution is -2.40. The Morgan fingerprint density at radius 3 is 2.89 bits per heavy atom. The van der Waals surface area contributed by atoms with Crippen molar-refractivity contribution in [2.24, 2.45) is 11.1 Å². The first-order chi connectivity index (χ1) is 8.59. The van der Waals surface area contributed by atoms with Crippen LogP contribution in [0.25, 0.3) is 0 Å². The van der Waals surface area contributed by atoms with E-state index in [0.29, 0.717) is 0 Å². The minimum Gasteiger partial charge on any atom is -0.325 e. The van der Waals surface area contributed by atoms with Crippen molar-refractivity contribution in [3.63, 3.8) is 0 Å². The van der Waals surface area contributed by atoms with E-state index in [1.807, 2.05) is 24.3 Å². The van der Waals surface area contributed by atoms with E-state index < -0.39 is 0 Å². The molecule has 1 nitrogen and oxygen atoms in total. The summed E-state index contributed by atoms with van der Waals surface area (Å²) >= 11 is 5.98. The Labute approximate surface area is 114 Å². The molecule has 3 rings (SSSR count). The monoisotopic (exact) mass is 259 g/mol. The summed E-state index contributed by atoms with van der Waals surface area (Å²) < 4.78 is 0. The first kappa shape index (κ1) is 12.1. The SMILES string of the molecule is NC12CCCC(C#Cc3cccc(Cl)c3)(CC1)C2. The number of nitrogens with two attached hydrogens (primary N) is 1. The van der Waals surface area contributed by atoms with Gasteiger partial charge in [0.25, 0.3) is 0 Å². The van der Waals surface area contributed by atoms with Crippen molar-refractivity contribution in [3.05, 3.63) is 34.9 Å². The van der Waals surface area contributed by atoms with E-state index in [4.69, 9.17) is 17.3 Å². The molecule has 1 aromatic rings. The molecule has 0 saturated heterocycles. The molecule has 94 valence electrons. The Morgan fingerprint density at radius 2 is 2.06 bits per heavy atom. The zero-order valence-electron chi connectivity index (χ0n) is 10.5. The van der Waals surface area contributed by atoms with Gasteiger partial charge in [0.1, 0.15) is 0 Å². The molecule has 0 radical (unpaired) electrons. The molecule has 2 unspecified atom stereocenters. The number of hydrogen-bond donors (Lipinski definition) is 1. The fourth-order valence-corrected chi connectivity index (χ4v) is 3.68. The van der Waals surface area contributed by atoms with Crippen LogP contribution in [0.4, 0.5) is 0 Å². The lowest BCUT2D eigenvalue weighted by molar-refractivity contribution is 0.257. The van der Waals surface area contributed by atoms with E-state index in [1.54, 1.807) is 0 Å². The molecule has 2 aliphatic carbocycles. The van der Waals surface area contributed by atoms with Crippen molar-refractivity contribution < 1.29 is 0 Å². The topological polar surface area (TPSA) is 26.0 Å². The molecule has 0 aliphatic heterocycles. The number of benzene rings is 1. The van der Waals surface area contributed by atoms with Crippen LogP contribution in [0.5, 0.6) is 0 Å². The van der Waals surface area contributed by atoms with Gasteiger partial charge in [-0.05, 0) is 50.3 Å². The summed E-state index contributed by atoms with van der Waals surface area (Å²) in [6.45, 7) is 0. The summed E-state index contributed by atoms with van der Waals surface area (Å²) in [5.74, 6) is 6.81. The van der Waals surface area contributed by atoms with Crippen molar-refractivity contribution in [1.82, 2.24) is 0 Å². The summed E-state index contributed by atoms with van der Waals surface area (Å²) in [4.78, 5) is 0. The second-order valence-corrected chi connectivity index (χ2v) is 6.37. The zero-order valence-corrected chi connectivity index (χ0v) is 11.3. The lowest BCUT2D eigenvalue weighted by Gasteiger charge is -2.33. The van der Waals surface area contributed by atoms with Gasteiger partial charge in [-0.1, -0.05) is 35.9 Å². The third kappa shape index (κ3) is 2.28. The Kier molecular flexibility index (Phi) is 2.88. The van der Waals surface area contributed by atoms with Gasteiger partial charge in [0.15, 0.2) is 0 Å². The second kappa shape index (κ2) is 4.30. The van der Waals surface area contributed by atoms with Crippen LogP contribution in [0.1, 0.15) is 44.1 Å². The highest BCUT2D eigenvalue weighted by molar-refractivity contribution is 6.30. The van der Waals surface area contributed by atoms with Gasteiger partial charge < -0.3 is 5.73 Å². The predicted molar refractivity (Wildman–Crippen MR) is 75.4 cm³/mol.